The van der Waals surface area contributed by atoms with E-state index >= 15 is 0 Å². The van der Waals surface area contributed by atoms with Gasteiger partial charge in [0.05, 0.1) is 17.9 Å². The number of rotatable bonds is 7. The van der Waals surface area contributed by atoms with Crippen LogP contribution in [-0.4, -0.2) is 26.8 Å². The van der Waals surface area contributed by atoms with Gasteiger partial charge < -0.3 is 4.52 Å². The Morgan fingerprint density at radius 1 is 1.22 bits per heavy atom. The average molecular weight is 364 g/mol. The zero-order valence-electron chi connectivity index (χ0n) is 16.2. The van der Waals surface area contributed by atoms with Crippen LogP contribution in [-0.2, 0) is 19.4 Å². The molecule has 5 nitrogen and oxygen atoms in total. The lowest BCUT2D eigenvalue weighted by Gasteiger charge is -2.22. The number of H-pyrrole nitrogens is 1. The minimum Gasteiger partial charge on any atom is -0.361 e. The van der Waals surface area contributed by atoms with Crippen molar-refractivity contribution in [3.05, 3.63) is 59.1 Å². The summed E-state index contributed by atoms with van der Waals surface area (Å²) in [6.07, 6.45) is 7.39. The number of nitrogens with one attached hydrogen (secondary N) is 1. The number of nitrogens with zero attached hydrogens (tertiary/aromatic N) is 3. The Bertz CT molecular complexity index is 865. The molecule has 0 radical (unpaired) electrons. The largest absolute Gasteiger partial charge is 0.361 e. The van der Waals surface area contributed by atoms with Crippen molar-refractivity contribution in [2.24, 2.45) is 0 Å². The van der Waals surface area contributed by atoms with E-state index in [4.69, 9.17) is 4.52 Å². The summed E-state index contributed by atoms with van der Waals surface area (Å²) < 4.78 is 5.52. The smallest absolute Gasteiger partial charge is 0.137 e. The van der Waals surface area contributed by atoms with E-state index in [1.165, 1.54) is 23.1 Å². The molecule has 3 heterocycles. The Kier molecular flexibility index (Phi) is 5.39. The first-order valence-corrected chi connectivity index (χ1v) is 10.1. The average Bonchev–Trinajstić information content (AvgIpc) is 3.43. The van der Waals surface area contributed by atoms with Gasteiger partial charge in [0, 0.05) is 24.6 Å². The van der Waals surface area contributed by atoms with Crippen LogP contribution in [0.3, 0.4) is 0 Å². The lowest BCUT2D eigenvalue weighted by Crippen LogP contribution is -2.23. The third kappa shape index (κ3) is 3.83. The highest BCUT2D eigenvalue weighted by molar-refractivity contribution is 5.62. The molecule has 1 N–H and O–H groups in total. The Morgan fingerprint density at radius 2 is 2.07 bits per heavy atom. The van der Waals surface area contributed by atoms with Crippen LogP contribution in [0, 0.1) is 0 Å². The molecule has 0 spiro atoms. The number of aryl methyl sites for hydroxylation is 2. The predicted molar refractivity (Wildman–Crippen MR) is 106 cm³/mol. The highest BCUT2D eigenvalue weighted by atomic mass is 16.5. The number of likely N-dealkylation sites (tertiary alicyclic amines) is 1. The second kappa shape index (κ2) is 8.09. The van der Waals surface area contributed by atoms with E-state index in [2.05, 4.69) is 64.4 Å². The highest BCUT2D eigenvalue weighted by Crippen LogP contribution is 2.34. The van der Waals surface area contributed by atoms with Gasteiger partial charge in [0.15, 0.2) is 0 Å². The molecule has 1 atom stereocenters. The molecule has 1 fully saturated rings. The molecular weight excluding hydrogens is 336 g/mol. The third-order valence-corrected chi connectivity index (χ3v) is 5.52. The van der Waals surface area contributed by atoms with Gasteiger partial charge in [-0.2, -0.15) is 5.10 Å². The van der Waals surface area contributed by atoms with Crippen LogP contribution in [0.15, 0.2) is 41.1 Å². The molecule has 1 aromatic carbocycles. The van der Waals surface area contributed by atoms with E-state index in [9.17, 15) is 0 Å². The van der Waals surface area contributed by atoms with E-state index in [1.807, 2.05) is 6.20 Å². The second-order valence-electron chi connectivity index (χ2n) is 7.42. The summed E-state index contributed by atoms with van der Waals surface area (Å²) >= 11 is 0. The van der Waals surface area contributed by atoms with Crippen LogP contribution < -0.4 is 0 Å². The predicted octanol–water partition coefficient (Wildman–Crippen LogP) is 4.92. The number of aromatic nitrogens is 3. The van der Waals surface area contributed by atoms with Gasteiger partial charge in [0.25, 0.3) is 0 Å². The fraction of sp³-hybridized carbons (Fsp3) is 0.455. The topological polar surface area (TPSA) is 58.0 Å². The molecule has 27 heavy (non-hydrogen) atoms. The first-order chi connectivity index (χ1) is 13.3. The first-order valence-electron chi connectivity index (χ1n) is 10.1. The Morgan fingerprint density at radius 3 is 2.85 bits per heavy atom. The molecule has 1 aliphatic rings. The number of hydrogen-bond acceptors (Lipinski definition) is 4. The van der Waals surface area contributed by atoms with Crippen molar-refractivity contribution < 1.29 is 4.52 Å². The molecule has 1 aliphatic heterocycles. The van der Waals surface area contributed by atoms with Crippen LogP contribution in [0.25, 0.3) is 11.3 Å². The molecule has 142 valence electrons. The molecule has 4 rings (SSSR count). The Balaban J connectivity index is 1.52. The summed E-state index contributed by atoms with van der Waals surface area (Å²) in [5.74, 6) is 0.999. The van der Waals surface area contributed by atoms with Crippen molar-refractivity contribution in [2.45, 2.75) is 58.5 Å². The Hall–Kier alpha value is -2.40. The van der Waals surface area contributed by atoms with E-state index in [1.54, 1.807) is 0 Å². The third-order valence-electron chi connectivity index (χ3n) is 5.52. The molecule has 2 aromatic heterocycles. The van der Waals surface area contributed by atoms with Crippen LogP contribution in [0.5, 0.6) is 0 Å². The van der Waals surface area contributed by atoms with Crippen molar-refractivity contribution in [3.63, 3.8) is 0 Å². The maximum Gasteiger partial charge on any atom is 0.137 e. The van der Waals surface area contributed by atoms with Gasteiger partial charge in [-0.15, -0.1) is 0 Å². The summed E-state index contributed by atoms with van der Waals surface area (Å²) in [7, 11) is 0. The fourth-order valence-corrected chi connectivity index (χ4v) is 4.01. The van der Waals surface area contributed by atoms with Gasteiger partial charge in [-0.3, -0.25) is 10.00 Å². The number of benzene rings is 1. The van der Waals surface area contributed by atoms with Gasteiger partial charge >= 0.3 is 0 Å². The van der Waals surface area contributed by atoms with Crippen molar-refractivity contribution in [2.75, 3.05) is 6.54 Å². The summed E-state index contributed by atoms with van der Waals surface area (Å²) in [6, 6.07) is 11.3. The molecule has 1 saturated heterocycles. The molecule has 3 aromatic rings. The lowest BCUT2D eigenvalue weighted by atomic mass is 10.0. The number of hydrogen-bond donors (Lipinski definition) is 1. The van der Waals surface area contributed by atoms with Crippen LogP contribution in [0.2, 0.25) is 0 Å². The van der Waals surface area contributed by atoms with Crippen molar-refractivity contribution in [1.82, 2.24) is 20.3 Å². The lowest BCUT2D eigenvalue weighted by molar-refractivity contribution is 0.236. The summed E-state index contributed by atoms with van der Waals surface area (Å²) in [5.41, 5.74) is 5.99. The van der Waals surface area contributed by atoms with Crippen LogP contribution in [0.4, 0.5) is 0 Å². The maximum atomic E-state index is 5.52. The van der Waals surface area contributed by atoms with Gasteiger partial charge in [-0.05, 0) is 43.4 Å². The normalized spacial score (nSPS) is 17.6. The fourth-order valence-electron chi connectivity index (χ4n) is 4.01. The number of aromatic amines is 1. The molecule has 0 unspecified atom stereocenters. The molecule has 0 aliphatic carbocycles. The monoisotopic (exact) mass is 364 g/mol. The second-order valence-corrected chi connectivity index (χ2v) is 7.42. The van der Waals surface area contributed by atoms with Crippen LogP contribution >= 0.6 is 0 Å². The maximum absolute atomic E-state index is 5.52. The van der Waals surface area contributed by atoms with E-state index in [0.717, 1.165) is 55.9 Å². The van der Waals surface area contributed by atoms with Gasteiger partial charge in [0.2, 0.25) is 0 Å². The minimum absolute atomic E-state index is 0.338. The summed E-state index contributed by atoms with van der Waals surface area (Å²) in [5, 5.41) is 11.9. The van der Waals surface area contributed by atoms with Crippen LogP contribution in [0.1, 0.15) is 61.7 Å². The minimum atomic E-state index is 0.338. The van der Waals surface area contributed by atoms with E-state index in [0.29, 0.717) is 6.04 Å². The van der Waals surface area contributed by atoms with Crippen molar-refractivity contribution >= 4 is 0 Å². The molecule has 5 heteroatoms. The zero-order chi connectivity index (χ0) is 18.6. The van der Waals surface area contributed by atoms with Crippen molar-refractivity contribution in [1.29, 1.82) is 0 Å². The molecule has 0 bridgehead atoms. The molecule has 0 amide bonds. The first kappa shape index (κ1) is 18.0. The zero-order valence-corrected chi connectivity index (χ0v) is 16.2. The SMILES string of the molecule is CCCc1cc([C@H]2CCCN2Cc2cn[nH]c2-c2ccc(CC)cc2)no1. The van der Waals surface area contributed by atoms with E-state index in [-0.39, 0.29) is 0 Å². The Labute approximate surface area is 160 Å². The van der Waals surface area contributed by atoms with E-state index < -0.39 is 0 Å². The van der Waals surface area contributed by atoms with Gasteiger partial charge in [-0.25, -0.2) is 0 Å². The molecule has 0 saturated carbocycles. The summed E-state index contributed by atoms with van der Waals surface area (Å²) in [6.45, 7) is 6.31. The van der Waals surface area contributed by atoms with Gasteiger partial charge in [0.1, 0.15) is 11.5 Å². The molecular formula is C22H28N4O. The van der Waals surface area contributed by atoms with Gasteiger partial charge in [-0.1, -0.05) is 43.3 Å². The highest BCUT2D eigenvalue weighted by Gasteiger charge is 2.29. The van der Waals surface area contributed by atoms with Crippen molar-refractivity contribution in [3.8, 4) is 11.3 Å². The quantitative estimate of drug-likeness (QED) is 0.647. The summed E-state index contributed by atoms with van der Waals surface area (Å²) in [4.78, 5) is 2.50. The standard InChI is InChI=1S/C22H28N4O/c1-3-6-19-13-20(25-27-19)21-7-5-12-26(21)15-18-14-23-24-22(18)17-10-8-16(4-2)9-11-17/h8-11,13-14,21H,3-7,12,15H2,1-2H3,(H,23,24)/t21-/m1/s1.